The summed E-state index contributed by atoms with van der Waals surface area (Å²) in [7, 11) is 0. The second kappa shape index (κ2) is 8.11. The summed E-state index contributed by atoms with van der Waals surface area (Å²) in [4.78, 5) is 10.1. The molecule has 0 amide bonds. The Morgan fingerprint density at radius 3 is 2.65 bits per heavy atom. The minimum Gasteiger partial charge on any atom is -0.409 e. The zero-order valence-corrected chi connectivity index (χ0v) is 11.5. The Balaban J connectivity index is 2.41. The summed E-state index contributed by atoms with van der Waals surface area (Å²) in [6.07, 6.45) is 2.13. The molecule has 7 heteroatoms. The van der Waals surface area contributed by atoms with Crippen molar-refractivity contribution in [1.82, 2.24) is 5.32 Å². The summed E-state index contributed by atoms with van der Waals surface area (Å²) >= 11 is 0. The van der Waals surface area contributed by atoms with Crippen LogP contribution in [0, 0.1) is 10.1 Å². The van der Waals surface area contributed by atoms with Crippen molar-refractivity contribution < 1.29 is 10.1 Å². The summed E-state index contributed by atoms with van der Waals surface area (Å²) in [6.45, 7) is 2.75. The van der Waals surface area contributed by atoms with E-state index in [1.807, 2.05) is 6.92 Å². The van der Waals surface area contributed by atoms with Crippen molar-refractivity contribution in [3.05, 3.63) is 39.9 Å². The fourth-order valence-corrected chi connectivity index (χ4v) is 1.86. The van der Waals surface area contributed by atoms with Crippen LogP contribution in [-0.2, 0) is 6.42 Å². The van der Waals surface area contributed by atoms with Gasteiger partial charge in [0.1, 0.15) is 5.84 Å². The number of hydrogen-bond acceptors (Lipinski definition) is 5. The molecule has 110 valence electrons. The molecule has 0 aliphatic heterocycles. The minimum atomic E-state index is -0.411. The average Bonchev–Trinajstić information content (AvgIpc) is 2.46. The Kier molecular flexibility index (Phi) is 6.45. The molecule has 0 bridgehead atoms. The summed E-state index contributed by atoms with van der Waals surface area (Å²) in [6, 6.07) is 6.67. The van der Waals surface area contributed by atoms with Crippen LogP contribution in [0.15, 0.2) is 29.4 Å². The van der Waals surface area contributed by atoms with E-state index in [0.717, 1.165) is 24.9 Å². The number of nitrogens with two attached hydrogens (primary N) is 1. The number of rotatable bonds is 8. The zero-order valence-electron chi connectivity index (χ0n) is 11.5. The minimum absolute atomic E-state index is 0.0973. The largest absolute Gasteiger partial charge is 0.409 e. The fourth-order valence-electron chi connectivity index (χ4n) is 1.86. The molecule has 0 spiro atoms. The van der Waals surface area contributed by atoms with Crippen molar-refractivity contribution in [3.63, 3.8) is 0 Å². The van der Waals surface area contributed by atoms with Gasteiger partial charge in [0, 0.05) is 24.6 Å². The number of nitrogens with zero attached hydrogens (tertiary/aromatic N) is 2. The van der Waals surface area contributed by atoms with Gasteiger partial charge in [0.2, 0.25) is 0 Å². The number of non-ortho nitro benzene ring substituents is 1. The first-order valence-corrected chi connectivity index (χ1v) is 6.50. The molecule has 1 rings (SSSR count). The van der Waals surface area contributed by atoms with E-state index < -0.39 is 4.92 Å². The van der Waals surface area contributed by atoms with E-state index in [4.69, 9.17) is 10.9 Å². The molecule has 0 saturated heterocycles. The molecule has 0 saturated carbocycles. The first kappa shape index (κ1) is 15.9. The third kappa shape index (κ3) is 5.23. The molecule has 1 aromatic rings. The maximum absolute atomic E-state index is 10.5. The molecule has 20 heavy (non-hydrogen) atoms. The standard InChI is InChI=1S/C13H20N4O3/c1-2-11(9-13(14)16-18)15-8-7-10-3-5-12(6-4-10)17(19)20/h3-6,11,15,18H,2,7-9H2,1H3,(H2,14,16). The van der Waals surface area contributed by atoms with Crippen molar-refractivity contribution in [2.75, 3.05) is 6.54 Å². The van der Waals surface area contributed by atoms with Gasteiger partial charge in [-0.1, -0.05) is 24.2 Å². The van der Waals surface area contributed by atoms with Gasteiger partial charge in [0.15, 0.2) is 0 Å². The topological polar surface area (TPSA) is 114 Å². The maximum atomic E-state index is 10.5. The van der Waals surface area contributed by atoms with Crippen LogP contribution in [0.5, 0.6) is 0 Å². The van der Waals surface area contributed by atoms with Crippen LogP contribution in [0.25, 0.3) is 0 Å². The van der Waals surface area contributed by atoms with Crippen molar-refractivity contribution in [3.8, 4) is 0 Å². The van der Waals surface area contributed by atoms with Crippen LogP contribution in [0.4, 0.5) is 5.69 Å². The summed E-state index contributed by atoms with van der Waals surface area (Å²) in [5.74, 6) is 0.208. The highest BCUT2D eigenvalue weighted by Crippen LogP contribution is 2.12. The Hall–Kier alpha value is -2.15. The Morgan fingerprint density at radius 2 is 2.15 bits per heavy atom. The molecule has 0 aromatic heterocycles. The fraction of sp³-hybridized carbons (Fsp3) is 0.462. The predicted octanol–water partition coefficient (Wildman–Crippen LogP) is 1.64. The van der Waals surface area contributed by atoms with Gasteiger partial charge in [-0.2, -0.15) is 0 Å². The van der Waals surface area contributed by atoms with Crippen molar-refractivity contribution in [2.24, 2.45) is 10.9 Å². The van der Waals surface area contributed by atoms with Gasteiger partial charge in [-0.15, -0.1) is 0 Å². The lowest BCUT2D eigenvalue weighted by Gasteiger charge is -2.15. The molecule has 0 aliphatic rings. The molecule has 1 aromatic carbocycles. The summed E-state index contributed by atoms with van der Waals surface area (Å²) < 4.78 is 0. The van der Waals surface area contributed by atoms with Crippen LogP contribution < -0.4 is 11.1 Å². The van der Waals surface area contributed by atoms with E-state index in [1.54, 1.807) is 12.1 Å². The normalized spacial score (nSPS) is 13.2. The molecule has 1 unspecified atom stereocenters. The zero-order chi connectivity index (χ0) is 15.0. The number of hydrogen-bond donors (Lipinski definition) is 3. The highest BCUT2D eigenvalue weighted by Gasteiger charge is 2.08. The first-order chi connectivity index (χ1) is 9.56. The highest BCUT2D eigenvalue weighted by molar-refractivity contribution is 5.80. The van der Waals surface area contributed by atoms with Gasteiger partial charge in [-0.3, -0.25) is 10.1 Å². The number of nitro benzene ring substituents is 1. The molecule has 4 N–H and O–H groups in total. The Labute approximate surface area is 117 Å². The second-order valence-electron chi connectivity index (χ2n) is 4.53. The summed E-state index contributed by atoms with van der Waals surface area (Å²) in [5, 5.41) is 25.3. The van der Waals surface area contributed by atoms with Crippen molar-refractivity contribution in [1.29, 1.82) is 0 Å². The molecule has 0 heterocycles. The second-order valence-corrected chi connectivity index (χ2v) is 4.53. The number of amidine groups is 1. The van der Waals surface area contributed by atoms with E-state index in [2.05, 4.69) is 10.5 Å². The number of nitrogens with one attached hydrogen (secondary N) is 1. The van der Waals surface area contributed by atoms with E-state index >= 15 is 0 Å². The lowest BCUT2D eigenvalue weighted by molar-refractivity contribution is -0.384. The van der Waals surface area contributed by atoms with E-state index in [9.17, 15) is 10.1 Å². The third-order valence-corrected chi connectivity index (χ3v) is 3.07. The van der Waals surface area contributed by atoms with Crippen molar-refractivity contribution in [2.45, 2.75) is 32.2 Å². The van der Waals surface area contributed by atoms with E-state index in [-0.39, 0.29) is 17.6 Å². The van der Waals surface area contributed by atoms with Gasteiger partial charge >= 0.3 is 0 Å². The van der Waals surface area contributed by atoms with Crippen LogP contribution in [0.1, 0.15) is 25.3 Å². The van der Waals surface area contributed by atoms with Crippen LogP contribution >= 0.6 is 0 Å². The monoisotopic (exact) mass is 280 g/mol. The molecular formula is C13H20N4O3. The number of benzene rings is 1. The van der Waals surface area contributed by atoms with Gasteiger partial charge in [-0.05, 0) is 24.9 Å². The molecule has 0 fully saturated rings. The number of nitro groups is 1. The van der Waals surface area contributed by atoms with Gasteiger partial charge < -0.3 is 16.3 Å². The molecule has 0 aliphatic carbocycles. The Morgan fingerprint density at radius 1 is 1.50 bits per heavy atom. The number of oxime groups is 1. The predicted molar refractivity (Wildman–Crippen MR) is 76.9 cm³/mol. The molecule has 0 radical (unpaired) electrons. The Bertz CT molecular complexity index is 459. The summed E-state index contributed by atoms with van der Waals surface area (Å²) in [5.41, 5.74) is 6.60. The SMILES string of the molecule is CCC(CC(N)=NO)NCCc1ccc([N+](=O)[O-])cc1. The van der Waals surface area contributed by atoms with E-state index in [0.29, 0.717) is 6.42 Å². The molecule has 1 atom stereocenters. The molecular weight excluding hydrogens is 260 g/mol. The van der Waals surface area contributed by atoms with Crippen LogP contribution in [-0.4, -0.2) is 28.6 Å². The smallest absolute Gasteiger partial charge is 0.269 e. The van der Waals surface area contributed by atoms with Crippen LogP contribution in [0.2, 0.25) is 0 Å². The van der Waals surface area contributed by atoms with Gasteiger partial charge in [0.25, 0.3) is 5.69 Å². The maximum Gasteiger partial charge on any atom is 0.269 e. The lowest BCUT2D eigenvalue weighted by Crippen LogP contribution is -2.34. The third-order valence-electron chi connectivity index (χ3n) is 3.07. The van der Waals surface area contributed by atoms with Gasteiger partial charge in [0.05, 0.1) is 4.92 Å². The van der Waals surface area contributed by atoms with Crippen LogP contribution in [0.3, 0.4) is 0 Å². The molecule has 7 nitrogen and oxygen atoms in total. The van der Waals surface area contributed by atoms with Crippen molar-refractivity contribution >= 4 is 11.5 Å². The van der Waals surface area contributed by atoms with E-state index in [1.165, 1.54) is 12.1 Å². The highest BCUT2D eigenvalue weighted by atomic mass is 16.6. The van der Waals surface area contributed by atoms with Gasteiger partial charge in [-0.25, -0.2) is 0 Å². The average molecular weight is 280 g/mol. The quantitative estimate of drug-likeness (QED) is 0.220. The lowest BCUT2D eigenvalue weighted by atomic mass is 10.1. The first-order valence-electron chi connectivity index (χ1n) is 6.50.